The summed E-state index contributed by atoms with van der Waals surface area (Å²) in [7, 11) is -9.23. The fourth-order valence-electron chi connectivity index (χ4n) is 3.99. The van der Waals surface area contributed by atoms with E-state index in [9.17, 15) is 25.3 Å². The van der Waals surface area contributed by atoms with E-state index in [-0.39, 0.29) is 52.2 Å². The zero-order valence-electron chi connectivity index (χ0n) is 25.2. The highest BCUT2D eigenvalue weighted by molar-refractivity contribution is 7.86. The molecule has 44 heavy (non-hydrogen) atoms. The Kier molecular flexibility index (Phi) is 10.8. The Hall–Kier alpha value is -3.95. The monoisotopic (exact) mass is 670 g/mol. The van der Waals surface area contributed by atoms with Crippen molar-refractivity contribution in [3.05, 3.63) is 60.2 Å². The standard InChI is InChI=1S/C29H34O12S3/c1-8-19(2)15-16-38-24-14-11-21(17-25(24)40-43(6,32)33)27-26(36-3)18-23(28(37-4)29(27)41-44(7,34)35)20-9-12-22(13-10-20)39-42(5,30)31/h9-15,17-18H,8,16H2,1-7H3. The van der Waals surface area contributed by atoms with Gasteiger partial charge in [-0.1, -0.05) is 30.7 Å². The minimum atomic E-state index is -4.14. The first-order valence-electron chi connectivity index (χ1n) is 12.9. The van der Waals surface area contributed by atoms with Gasteiger partial charge in [-0.05, 0) is 60.9 Å². The molecule has 0 aliphatic carbocycles. The fourth-order valence-corrected chi connectivity index (χ4v) is 5.37. The molecule has 0 atom stereocenters. The number of benzene rings is 3. The topological polar surface area (TPSA) is 158 Å². The maximum Gasteiger partial charge on any atom is 0.306 e. The maximum atomic E-state index is 12.5. The van der Waals surface area contributed by atoms with Crippen LogP contribution in [0.2, 0.25) is 0 Å². The van der Waals surface area contributed by atoms with Gasteiger partial charge in [0.15, 0.2) is 23.0 Å². The Labute approximate surface area is 258 Å². The van der Waals surface area contributed by atoms with Crippen LogP contribution in [0.5, 0.6) is 34.5 Å². The van der Waals surface area contributed by atoms with Crippen LogP contribution in [-0.2, 0) is 30.4 Å². The van der Waals surface area contributed by atoms with Crippen LogP contribution in [0.15, 0.2) is 60.2 Å². The molecule has 0 fully saturated rings. The number of ether oxygens (including phenoxy) is 3. The van der Waals surface area contributed by atoms with Gasteiger partial charge in [-0.15, -0.1) is 0 Å². The number of rotatable bonds is 14. The summed E-state index contributed by atoms with van der Waals surface area (Å²) in [6, 6.07) is 11.9. The zero-order chi connectivity index (χ0) is 32.9. The average molecular weight is 671 g/mol. The molecular formula is C29H34O12S3. The van der Waals surface area contributed by atoms with Gasteiger partial charge in [0.2, 0.25) is 0 Å². The predicted octanol–water partition coefficient (Wildman–Crippen LogP) is 4.79. The van der Waals surface area contributed by atoms with E-state index >= 15 is 0 Å². The van der Waals surface area contributed by atoms with Crippen LogP contribution in [0.3, 0.4) is 0 Å². The van der Waals surface area contributed by atoms with Gasteiger partial charge in [0.1, 0.15) is 18.1 Å². The Morgan fingerprint density at radius 1 is 0.682 bits per heavy atom. The predicted molar refractivity (Wildman–Crippen MR) is 166 cm³/mol. The van der Waals surface area contributed by atoms with Gasteiger partial charge in [0.25, 0.3) is 0 Å². The van der Waals surface area contributed by atoms with E-state index in [4.69, 9.17) is 26.8 Å². The van der Waals surface area contributed by atoms with E-state index in [1.54, 1.807) is 24.3 Å². The van der Waals surface area contributed by atoms with Gasteiger partial charge in [0, 0.05) is 5.56 Å². The van der Waals surface area contributed by atoms with Crippen molar-refractivity contribution in [2.75, 3.05) is 39.6 Å². The first-order valence-corrected chi connectivity index (χ1v) is 18.4. The largest absolute Gasteiger partial charge is 0.496 e. The van der Waals surface area contributed by atoms with Crippen LogP contribution < -0.4 is 26.8 Å². The molecule has 0 heterocycles. The van der Waals surface area contributed by atoms with Crippen molar-refractivity contribution in [2.45, 2.75) is 20.3 Å². The van der Waals surface area contributed by atoms with Gasteiger partial charge in [0.05, 0.1) is 38.6 Å². The molecule has 3 rings (SSSR count). The summed E-state index contributed by atoms with van der Waals surface area (Å²) in [5.41, 5.74) is 2.26. The van der Waals surface area contributed by atoms with Crippen LogP contribution in [0.4, 0.5) is 0 Å². The molecule has 0 amide bonds. The number of hydrogen-bond donors (Lipinski definition) is 0. The van der Waals surface area contributed by atoms with Crippen LogP contribution in [0, 0.1) is 0 Å². The van der Waals surface area contributed by atoms with E-state index in [1.807, 2.05) is 19.9 Å². The lowest BCUT2D eigenvalue weighted by Crippen LogP contribution is -2.10. The van der Waals surface area contributed by atoms with Gasteiger partial charge >= 0.3 is 30.4 Å². The van der Waals surface area contributed by atoms with Gasteiger partial charge in [-0.2, -0.15) is 25.3 Å². The highest BCUT2D eigenvalue weighted by Gasteiger charge is 2.27. The summed E-state index contributed by atoms with van der Waals surface area (Å²) in [6.45, 7) is 4.08. The highest BCUT2D eigenvalue weighted by atomic mass is 32.2. The quantitative estimate of drug-likeness (QED) is 0.171. The molecule has 0 aromatic heterocycles. The summed E-state index contributed by atoms with van der Waals surface area (Å²) in [6.07, 6.45) is 5.32. The van der Waals surface area contributed by atoms with Gasteiger partial charge < -0.3 is 26.8 Å². The smallest absolute Gasteiger partial charge is 0.306 e. The second kappa shape index (κ2) is 13.8. The SMILES string of the molecule is CCC(C)=CCOc1ccc(-c2c(OC)cc(-c3ccc(OS(C)(=O)=O)cc3)c(OC)c2OS(C)(=O)=O)cc1OS(C)(=O)=O. The second-order valence-corrected chi connectivity index (χ2v) is 14.4. The Balaban J connectivity index is 2.28. The van der Waals surface area contributed by atoms with Crippen molar-refractivity contribution in [2.24, 2.45) is 0 Å². The van der Waals surface area contributed by atoms with Crippen LogP contribution in [0.1, 0.15) is 20.3 Å². The third-order valence-corrected chi connectivity index (χ3v) is 7.42. The molecule has 15 heteroatoms. The minimum Gasteiger partial charge on any atom is -0.496 e. The molecule has 240 valence electrons. The van der Waals surface area contributed by atoms with Crippen molar-refractivity contribution >= 4 is 30.4 Å². The van der Waals surface area contributed by atoms with E-state index < -0.39 is 30.4 Å². The Morgan fingerprint density at radius 3 is 1.80 bits per heavy atom. The van der Waals surface area contributed by atoms with Crippen molar-refractivity contribution in [3.8, 4) is 56.8 Å². The summed E-state index contributed by atoms with van der Waals surface area (Å²) >= 11 is 0. The summed E-state index contributed by atoms with van der Waals surface area (Å²) < 4.78 is 105. The molecule has 3 aromatic rings. The second-order valence-electron chi connectivity index (χ2n) is 9.63. The minimum absolute atomic E-state index is 0.00547. The molecule has 0 aliphatic rings. The summed E-state index contributed by atoms with van der Waals surface area (Å²) in [5.74, 6) is -0.0764. The van der Waals surface area contributed by atoms with Gasteiger partial charge in [-0.25, -0.2) is 0 Å². The molecule has 0 radical (unpaired) electrons. The maximum absolute atomic E-state index is 12.5. The number of allylic oxidation sites excluding steroid dienone is 1. The Bertz CT molecular complexity index is 1860. The molecule has 12 nitrogen and oxygen atoms in total. The molecule has 0 aliphatic heterocycles. The average Bonchev–Trinajstić information content (AvgIpc) is 2.91. The lowest BCUT2D eigenvalue weighted by molar-refractivity contribution is 0.347. The van der Waals surface area contributed by atoms with Crippen molar-refractivity contribution < 1.29 is 52.0 Å². The molecule has 0 saturated heterocycles. The zero-order valence-corrected chi connectivity index (χ0v) is 27.7. The van der Waals surface area contributed by atoms with Crippen molar-refractivity contribution in [3.63, 3.8) is 0 Å². The molecule has 0 unspecified atom stereocenters. The lowest BCUT2D eigenvalue weighted by Gasteiger charge is -2.21. The first kappa shape index (κ1) is 34.5. The molecule has 0 saturated carbocycles. The third kappa shape index (κ3) is 9.53. The van der Waals surface area contributed by atoms with Gasteiger partial charge in [-0.3, -0.25) is 0 Å². The molecular weight excluding hydrogens is 637 g/mol. The fraction of sp³-hybridized carbons (Fsp3) is 0.310. The van der Waals surface area contributed by atoms with Crippen LogP contribution in [0.25, 0.3) is 22.3 Å². The van der Waals surface area contributed by atoms with E-state index in [1.165, 1.54) is 38.5 Å². The molecule has 0 bridgehead atoms. The summed E-state index contributed by atoms with van der Waals surface area (Å²) in [4.78, 5) is 0. The summed E-state index contributed by atoms with van der Waals surface area (Å²) in [5, 5.41) is 0. The first-order chi connectivity index (χ1) is 20.4. The molecule has 0 N–H and O–H groups in total. The van der Waals surface area contributed by atoms with Crippen molar-refractivity contribution in [1.82, 2.24) is 0 Å². The normalized spacial score (nSPS) is 12.4. The molecule has 0 spiro atoms. The van der Waals surface area contributed by atoms with E-state index in [0.29, 0.717) is 11.1 Å². The highest BCUT2D eigenvalue weighted by Crippen LogP contribution is 2.51. The van der Waals surface area contributed by atoms with E-state index in [0.717, 1.165) is 30.8 Å². The molecule has 3 aromatic carbocycles. The Morgan fingerprint density at radius 2 is 1.27 bits per heavy atom. The van der Waals surface area contributed by atoms with Crippen LogP contribution >= 0.6 is 0 Å². The van der Waals surface area contributed by atoms with Crippen molar-refractivity contribution in [1.29, 1.82) is 0 Å². The lowest BCUT2D eigenvalue weighted by atomic mass is 9.96. The third-order valence-electron chi connectivity index (χ3n) is 5.97. The number of methoxy groups -OCH3 is 2. The van der Waals surface area contributed by atoms with Crippen LogP contribution in [-0.4, -0.2) is 64.8 Å². The van der Waals surface area contributed by atoms with E-state index in [2.05, 4.69) is 0 Å². The number of hydrogen-bond acceptors (Lipinski definition) is 12.